The van der Waals surface area contributed by atoms with Crippen molar-refractivity contribution in [3.05, 3.63) is 58.9 Å². The van der Waals surface area contributed by atoms with Crippen LogP contribution in [0.5, 0.6) is 0 Å². The van der Waals surface area contributed by atoms with E-state index in [9.17, 15) is 18.8 Å². The SMILES string of the molecule is CC(=O)Nc1cc(NC(C)=O)cc(C(=O)NCc2ccc(C)c(F)c2)c1. The molecule has 0 unspecified atom stereocenters. The normalized spacial score (nSPS) is 10.2. The maximum atomic E-state index is 13.6. The molecule has 3 amide bonds. The maximum Gasteiger partial charge on any atom is 0.251 e. The van der Waals surface area contributed by atoms with Gasteiger partial charge in [0.15, 0.2) is 0 Å². The highest BCUT2D eigenvalue weighted by Gasteiger charge is 2.11. The average molecular weight is 357 g/mol. The molecule has 26 heavy (non-hydrogen) atoms. The van der Waals surface area contributed by atoms with Crippen molar-refractivity contribution in [3.63, 3.8) is 0 Å². The van der Waals surface area contributed by atoms with Crippen LogP contribution in [0.3, 0.4) is 0 Å². The zero-order valence-electron chi connectivity index (χ0n) is 14.8. The summed E-state index contributed by atoms with van der Waals surface area (Å²) >= 11 is 0. The number of benzene rings is 2. The molecule has 6 nitrogen and oxygen atoms in total. The predicted molar refractivity (Wildman–Crippen MR) is 97.4 cm³/mol. The predicted octanol–water partition coefficient (Wildman–Crippen LogP) is 2.98. The molecule has 0 aromatic heterocycles. The van der Waals surface area contributed by atoms with Crippen LogP contribution in [0.4, 0.5) is 15.8 Å². The van der Waals surface area contributed by atoms with E-state index in [0.717, 1.165) is 0 Å². The van der Waals surface area contributed by atoms with Crippen molar-refractivity contribution in [2.75, 3.05) is 10.6 Å². The van der Waals surface area contributed by atoms with Gasteiger partial charge in [0.25, 0.3) is 5.91 Å². The van der Waals surface area contributed by atoms with Gasteiger partial charge in [-0.05, 0) is 42.3 Å². The molecule has 0 saturated carbocycles. The molecule has 0 heterocycles. The van der Waals surface area contributed by atoms with Crippen LogP contribution in [0, 0.1) is 12.7 Å². The number of anilines is 2. The quantitative estimate of drug-likeness (QED) is 0.769. The number of rotatable bonds is 5. The highest BCUT2D eigenvalue weighted by atomic mass is 19.1. The molecule has 0 aliphatic rings. The second-order valence-corrected chi connectivity index (χ2v) is 5.93. The molecule has 0 aliphatic heterocycles. The van der Waals surface area contributed by atoms with Crippen LogP contribution in [-0.2, 0) is 16.1 Å². The third-order valence-electron chi connectivity index (χ3n) is 3.53. The van der Waals surface area contributed by atoms with Crippen molar-refractivity contribution in [2.45, 2.75) is 27.3 Å². The zero-order chi connectivity index (χ0) is 19.3. The Kier molecular flexibility index (Phi) is 6.06. The monoisotopic (exact) mass is 357 g/mol. The third-order valence-corrected chi connectivity index (χ3v) is 3.53. The molecular formula is C19H20FN3O3. The van der Waals surface area contributed by atoms with Gasteiger partial charge in [-0.25, -0.2) is 4.39 Å². The second kappa shape index (κ2) is 8.24. The minimum Gasteiger partial charge on any atom is -0.348 e. The highest BCUT2D eigenvalue weighted by molar-refractivity contribution is 5.99. The Morgan fingerprint density at radius 2 is 1.50 bits per heavy atom. The first-order valence-electron chi connectivity index (χ1n) is 7.98. The molecule has 2 aromatic rings. The van der Waals surface area contributed by atoms with E-state index in [0.29, 0.717) is 22.5 Å². The molecular weight excluding hydrogens is 337 g/mol. The standard InChI is InChI=1S/C19H20FN3O3/c1-11-4-5-14(6-18(11)20)10-21-19(26)15-7-16(22-12(2)24)9-17(8-15)23-13(3)25/h4-9H,10H2,1-3H3,(H,21,26)(H,22,24)(H,23,25). The lowest BCUT2D eigenvalue weighted by molar-refractivity contribution is -0.115. The lowest BCUT2D eigenvalue weighted by atomic mass is 10.1. The Bertz CT molecular complexity index is 831. The molecule has 3 N–H and O–H groups in total. The van der Waals surface area contributed by atoms with Gasteiger partial charge >= 0.3 is 0 Å². The fraction of sp³-hybridized carbons (Fsp3) is 0.211. The topological polar surface area (TPSA) is 87.3 Å². The minimum atomic E-state index is -0.412. The average Bonchev–Trinajstić information content (AvgIpc) is 2.54. The first kappa shape index (κ1) is 19.1. The van der Waals surface area contributed by atoms with Crippen LogP contribution in [0.15, 0.2) is 36.4 Å². The molecule has 0 aliphatic carbocycles. The summed E-state index contributed by atoms with van der Waals surface area (Å²) in [5.41, 5.74) is 2.18. The summed E-state index contributed by atoms with van der Waals surface area (Å²) in [5.74, 6) is -1.35. The number of halogens is 1. The Hall–Kier alpha value is -3.22. The first-order valence-corrected chi connectivity index (χ1v) is 7.98. The number of nitrogens with one attached hydrogen (secondary N) is 3. The van der Waals surface area contributed by atoms with Crippen LogP contribution in [0.1, 0.15) is 35.3 Å². The highest BCUT2D eigenvalue weighted by Crippen LogP contribution is 2.20. The van der Waals surface area contributed by atoms with Crippen molar-refractivity contribution < 1.29 is 18.8 Å². The van der Waals surface area contributed by atoms with E-state index in [1.54, 1.807) is 25.1 Å². The summed E-state index contributed by atoms with van der Waals surface area (Å²) < 4.78 is 13.6. The van der Waals surface area contributed by atoms with Gasteiger partial charge in [-0.15, -0.1) is 0 Å². The van der Waals surface area contributed by atoms with Gasteiger partial charge in [0.05, 0.1) is 0 Å². The van der Waals surface area contributed by atoms with Gasteiger partial charge in [0.2, 0.25) is 11.8 Å². The Labute approximate surface area is 150 Å². The van der Waals surface area contributed by atoms with Gasteiger partial charge in [-0.3, -0.25) is 14.4 Å². The van der Waals surface area contributed by atoms with Crippen LogP contribution in [0.25, 0.3) is 0 Å². The van der Waals surface area contributed by atoms with E-state index in [1.165, 1.54) is 32.0 Å². The summed E-state index contributed by atoms with van der Waals surface area (Å²) in [6.45, 7) is 4.50. The van der Waals surface area contributed by atoms with Crippen molar-refractivity contribution >= 4 is 29.1 Å². The van der Waals surface area contributed by atoms with Crippen LogP contribution in [0.2, 0.25) is 0 Å². The zero-order valence-corrected chi connectivity index (χ0v) is 14.8. The van der Waals surface area contributed by atoms with Gasteiger partial charge in [0.1, 0.15) is 5.82 Å². The number of aryl methyl sites for hydroxylation is 1. The molecule has 2 aromatic carbocycles. The van der Waals surface area contributed by atoms with Crippen LogP contribution < -0.4 is 16.0 Å². The van der Waals surface area contributed by atoms with Crippen molar-refractivity contribution in [2.24, 2.45) is 0 Å². The summed E-state index contributed by atoms with van der Waals surface area (Å²) in [6.07, 6.45) is 0. The van der Waals surface area contributed by atoms with E-state index in [1.807, 2.05) is 0 Å². The van der Waals surface area contributed by atoms with E-state index in [2.05, 4.69) is 16.0 Å². The maximum absolute atomic E-state index is 13.6. The number of carbonyl (C=O) groups excluding carboxylic acids is 3. The fourth-order valence-corrected chi connectivity index (χ4v) is 2.34. The summed E-state index contributed by atoms with van der Waals surface area (Å²) in [4.78, 5) is 34.9. The molecule has 0 atom stereocenters. The largest absolute Gasteiger partial charge is 0.348 e. The number of hydrogen-bond donors (Lipinski definition) is 3. The summed E-state index contributed by atoms with van der Waals surface area (Å²) in [7, 11) is 0. The molecule has 0 fully saturated rings. The molecule has 0 saturated heterocycles. The molecule has 2 rings (SSSR count). The number of hydrogen-bond acceptors (Lipinski definition) is 3. The van der Waals surface area contributed by atoms with Crippen LogP contribution in [-0.4, -0.2) is 17.7 Å². The Morgan fingerprint density at radius 1 is 0.923 bits per heavy atom. The molecule has 7 heteroatoms. The number of carbonyl (C=O) groups is 3. The molecule has 0 radical (unpaired) electrons. The lowest BCUT2D eigenvalue weighted by Crippen LogP contribution is -2.23. The van der Waals surface area contributed by atoms with E-state index in [-0.39, 0.29) is 29.7 Å². The summed E-state index contributed by atoms with van der Waals surface area (Å²) in [6, 6.07) is 9.29. The Morgan fingerprint density at radius 3 is 2.00 bits per heavy atom. The van der Waals surface area contributed by atoms with Gasteiger partial charge in [-0.2, -0.15) is 0 Å². The first-order chi connectivity index (χ1) is 12.2. The van der Waals surface area contributed by atoms with Crippen LogP contribution >= 0.6 is 0 Å². The molecule has 0 spiro atoms. The fourth-order valence-electron chi connectivity index (χ4n) is 2.34. The second-order valence-electron chi connectivity index (χ2n) is 5.93. The van der Waals surface area contributed by atoms with Gasteiger partial charge < -0.3 is 16.0 Å². The smallest absolute Gasteiger partial charge is 0.251 e. The van der Waals surface area contributed by atoms with Crippen molar-refractivity contribution in [1.29, 1.82) is 0 Å². The molecule has 0 bridgehead atoms. The Balaban J connectivity index is 2.18. The van der Waals surface area contributed by atoms with E-state index in [4.69, 9.17) is 0 Å². The number of amides is 3. The van der Waals surface area contributed by atoms with Gasteiger partial charge in [0, 0.05) is 37.3 Å². The summed E-state index contributed by atoms with van der Waals surface area (Å²) in [5, 5.41) is 7.85. The molecule has 136 valence electrons. The van der Waals surface area contributed by atoms with E-state index >= 15 is 0 Å². The van der Waals surface area contributed by atoms with E-state index < -0.39 is 5.91 Å². The van der Waals surface area contributed by atoms with Crippen molar-refractivity contribution in [1.82, 2.24) is 5.32 Å². The van der Waals surface area contributed by atoms with Gasteiger partial charge in [-0.1, -0.05) is 12.1 Å². The van der Waals surface area contributed by atoms with Crippen molar-refractivity contribution in [3.8, 4) is 0 Å². The minimum absolute atomic E-state index is 0.149. The lowest BCUT2D eigenvalue weighted by Gasteiger charge is -2.11. The third kappa shape index (κ3) is 5.41.